The van der Waals surface area contributed by atoms with Gasteiger partial charge in [0, 0.05) is 12.1 Å². The first-order valence-corrected chi connectivity index (χ1v) is 8.53. The minimum atomic E-state index is -0.240. The van der Waals surface area contributed by atoms with Crippen LogP contribution in [-0.2, 0) is 6.54 Å². The van der Waals surface area contributed by atoms with Crippen LogP contribution in [0.25, 0.3) is 0 Å². The molecule has 0 radical (unpaired) electrons. The van der Waals surface area contributed by atoms with E-state index in [2.05, 4.69) is 29.7 Å². The second-order valence-corrected chi connectivity index (χ2v) is 6.19. The number of carbonyl (C=O) groups excluding carboxylic acids is 1. The van der Waals surface area contributed by atoms with E-state index in [-0.39, 0.29) is 17.9 Å². The Morgan fingerprint density at radius 2 is 2.08 bits per heavy atom. The number of Topliss-reactive ketones (excluding diaryl/α,β-unsaturated/α-hetero) is 1. The van der Waals surface area contributed by atoms with Crippen molar-refractivity contribution >= 4 is 11.5 Å². The summed E-state index contributed by atoms with van der Waals surface area (Å²) in [6.07, 6.45) is 1.17. The molecule has 1 aliphatic rings. The van der Waals surface area contributed by atoms with E-state index in [1.165, 1.54) is 5.56 Å². The molecule has 0 aromatic heterocycles. The number of ketones is 1. The first kappa shape index (κ1) is 16.5. The van der Waals surface area contributed by atoms with Crippen LogP contribution in [0.1, 0.15) is 36.2 Å². The molecule has 0 aliphatic carbocycles. The Morgan fingerprint density at radius 1 is 1.29 bits per heavy atom. The van der Waals surface area contributed by atoms with Gasteiger partial charge in [-0.15, -0.1) is 0 Å². The average Bonchev–Trinajstić information content (AvgIpc) is 2.65. The van der Waals surface area contributed by atoms with E-state index in [1.54, 1.807) is 0 Å². The van der Waals surface area contributed by atoms with Crippen molar-refractivity contribution in [3.05, 3.63) is 59.7 Å². The van der Waals surface area contributed by atoms with Gasteiger partial charge in [-0.05, 0) is 37.1 Å². The fourth-order valence-electron chi connectivity index (χ4n) is 2.81. The predicted molar refractivity (Wildman–Crippen MR) is 96.7 cm³/mol. The smallest absolute Gasteiger partial charge is 0.179 e. The lowest BCUT2D eigenvalue weighted by Gasteiger charge is -2.27. The molecule has 0 saturated heterocycles. The van der Waals surface area contributed by atoms with Crippen LogP contribution >= 0.6 is 0 Å². The molecular weight excluding hydrogens is 300 g/mol. The van der Waals surface area contributed by atoms with E-state index in [0.717, 1.165) is 24.4 Å². The second kappa shape index (κ2) is 7.49. The lowest BCUT2D eigenvalue weighted by atomic mass is 10.0. The molecule has 1 aliphatic heterocycles. The molecule has 0 amide bonds. The van der Waals surface area contributed by atoms with Crippen LogP contribution in [0.5, 0.6) is 5.75 Å². The van der Waals surface area contributed by atoms with Crippen LogP contribution < -0.4 is 15.4 Å². The van der Waals surface area contributed by atoms with Gasteiger partial charge in [0.25, 0.3) is 0 Å². The highest BCUT2D eigenvalue weighted by Crippen LogP contribution is 2.31. The number of hydrogen-bond acceptors (Lipinski definition) is 4. The van der Waals surface area contributed by atoms with Crippen molar-refractivity contribution < 1.29 is 9.53 Å². The summed E-state index contributed by atoms with van der Waals surface area (Å²) in [6, 6.07) is 15.5. The molecule has 4 nitrogen and oxygen atoms in total. The minimum Gasteiger partial charge on any atom is -0.486 e. The first-order chi connectivity index (χ1) is 11.7. The number of carbonyl (C=O) groups is 1. The topological polar surface area (TPSA) is 50.4 Å². The molecule has 2 N–H and O–H groups in total. The summed E-state index contributed by atoms with van der Waals surface area (Å²) in [7, 11) is 0. The molecule has 3 rings (SSSR count). The van der Waals surface area contributed by atoms with Crippen molar-refractivity contribution in [3.63, 3.8) is 0 Å². The van der Waals surface area contributed by atoms with Gasteiger partial charge >= 0.3 is 0 Å². The summed E-state index contributed by atoms with van der Waals surface area (Å²) in [4.78, 5) is 12.6. The lowest BCUT2D eigenvalue weighted by Crippen LogP contribution is -2.34. The van der Waals surface area contributed by atoms with Crippen LogP contribution in [0.4, 0.5) is 5.69 Å². The Labute approximate surface area is 143 Å². The molecule has 0 fully saturated rings. The van der Waals surface area contributed by atoms with Gasteiger partial charge in [-0.1, -0.05) is 37.3 Å². The maximum atomic E-state index is 12.6. The number of rotatable bonds is 6. The van der Waals surface area contributed by atoms with E-state index < -0.39 is 0 Å². The molecule has 2 aromatic rings. The third-order valence-electron chi connectivity index (χ3n) is 4.38. The van der Waals surface area contributed by atoms with Gasteiger partial charge in [0.15, 0.2) is 5.78 Å². The molecule has 1 heterocycles. The van der Waals surface area contributed by atoms with Gasteiger partial charge in [0.2, 0.25) is 0 Å². The van der Waals surface area contributed by atoms with Crippen molar-refractivity contribution in [2.45, 2.75) is 39.0 Å². The van der Waals surface area contributed by atoms with Crippen molar-refractivity contribution in [2.24, 2.45) is 0 Å². The zero-order chi connectivity index (χ0) is 16.9. The van der Waals surface area contributed by atoms with Crippen LogP contribution in [0.2, 0.25) is 0 Å². The molecule has 126 valence electrons. The number of anilines is 1. The second-order valence-electron chi connectivity index (χ2n) is 6.19. The van der Waals surface area contributed by atoms with Crippen molar-refractivity contribution in [3.8, 4) is 5.75 Å². The standard InChI is InChI=1S/C20H24N2O2/c1-3-17-13-22-18-11-16(9-10-19(18)24-17)20(23)14(2)21-12-15-7-5-4-6-8-15/h4-11,14,17,21-22H,3,12-13H2,1-2H3. The monoisotopic (exact) mass is 324 g/mol. The highest BCUT2D eigenvalue weighted by atomic mass is 16.5. The van der Waals surface area contributed by atoms with E-state index >= 15 is 0 Å². The van der Waals surface area contributed by atoms with E-state index in [9.17, 15) is 4.79 Å². The minimum absolute atomic E-state index is 0.0909. The first-order valence-electron chi connectivity index (χ1n) is 8.53. The third-order valence-corrected chi connectivity index (χ3v) is 4.38. The SMILES string of the molecule is CCC1CNc2cc(C(=O)C(C)NCc3ccccc3)ccc2O1. The Bertz CT molecular complexity index is 700. The van der Waals surface area contributed by atoms with Crippen LogP contribution in [-0.4, -0.2) is 24.5 Å². The number of benzene rings is 2. The summed E-state index contributed by atoms with van der Waals surface area (Å²) < 4.78 is 5.89. The quantitative estimate of drug-likeness (QED) is 0.797. The van der Waals surface area contributed by atoms with E-state index in [0.29, 0.717) is 12.1 Å². The molecule has 0 saturated carbocycles. The highest BCUT2D eigenvalue weighted by Gasteiger charge is 2.21. The summed E-state index contributed by atoms with van der Waals surface area (Å²) in [5.74, 6) is 0.919. The molecule has 2 unspecified atom stereocenters. The molecule has 24 heavy (non-hydrogen) atoms. The molecule has 0 bridgehead atoms. The third kappa shape index (κ3) is 3.77. The number of ether oxygens (including phenoxy) is 1. The maximum absolute atomic E-state index is 12.6. The van der Waals surface area contributed by atoms with E-state index in [1.807, 2.05) is 43.3 Å². The van der Waals surface area contributed by atoms with E-state index in [4.69, 9.17) is 4.74 Å². The average molecular weight is 324 g/mol. The van der Waals surface area contributed by atoms with Gasteiger partial charge < -0.3 is 15.4 Å². The van der Waals surface area contributed by atoms with Crippen molar-refractivity contribution in [2.75, 3.05) is 11.9 Å². The highest BCUT2D eigenvalue weighted by molar-refractivity contribution is 6.01. The molecule has 2 aromatic carbocycles. The number of nitrogens with one attached hydrogen (secondary N) is 2. The molecule has 0 spiro atoms. The Hall–Kier alpha value is -2.33. The zero-order valence-corrected chi connectivity index (χ0v) is 14.2. The fraction of sp³-hybridized carbons (Fsp3) is 0.350. The largest absolute Gasteiger partial charge is 0.486 e. The maximum Gasteiger partial charge on any atom is 0.179 e. The van der Waals surface area contributed by atoms with Crippen LogP contribution in [0.15, 0.2) is 48.5 Å². The van der Waals surface area contributed by atoms with Crippen molar-refractivity contribution in [1.82, 2.24) is 5.32 Å². The summed E-state index contributed by atoms with van der Waals surface area (Å²) in [5, 5.41) is 6.65. The molecule has 2 atom stereocenters. The van der Waals surface area contributed by atoms with Crippen LogP contribution in [0.3, 0.4) is 0 Å². The summed E-state index contributed by atoms with van der Waals surface area (Å²) in [6.45, 7) is 5.47. The Kier molecular flexibility index (Phi) is 5.16. The number of hydrogen-bond donors (Lipinski definition) is 2. The van der Waals surface area contributed by atoms with Crippen molar-refractivity contribution in [1.29, 1.82) is 0 Å². The number of fused-ring (bicyclic) bond motifs is 1. The molecule has 4 heteroatoms. The van der Waals surface area contributed by atoms with Gasteiger partial charge in [-0.25, -0.2) is 0 Å². The van der Waals surface area contributed by atoms with Gasteiger partial charge in [-0.2, -0.15) is 0 Å². The fourth-order valence-corrected chi connectivity index (χ4v) is 2.81. The molecular formula is C20H24N2O2. The Balaban J connectivity index is 1.64. The van der Waals surface area contributed by atoms with Gasteiger partial charge in [0.1, 0.15) is 11.9 Å². The normalized spacial score (nSPS) is 17.3. The predicted octanol–water partition coefficient (Wildman–Crippen LogP) is 3.63. The van der Waals surface area contributed by atoms with Gasteiger partial charge in [0.05, 0.1) is 18.3 Å². The van der Waals surface area contributed by atoms with Gasteiger partial charge in [-0.3, -0.25) is 4.79 Å². The zero-order valence-electron chi connectivity index (χ0n) is 14.2. The Morgan fingerprint density at radius 3 is 2.83 bits per heavy atom. The summed E-state index contributed by atoms with van der Waals surface area (Å²) >= 11 is 0. The summed E-state index contributed by atoms with van der Waals surface area (Å²) in [5.41, 5.74) is 2.77. The van der Waals surface area contributed by atoms with Crippen LogP contribution in [0, 0.1) is 0 Å². The lowest BCUT2D eigenvalue weighted by molar-refractivity contribution is 0.0950.